The zero-order chi connectivity index (χ0) is 16.6. The van der Waals surface area contributed by atoms with Gasteiger partial charge in [-0.25, -0.2) is 9.97 Å². The van der Waals surface area contributed by atoms with Crippen LogP contribution in [0.5, 0.6) is 0 Å². The van der Waals surface area contributed by atoms with Crippen LogP contribution in [0.15, 0.2) is 23.6 Å². The van der Waals surface area contributed by atoms with Gasteiger partial charge in [0.05, 0.1) is 0 Å². The highest BCUT2D eigenvalue weighted by molar-refractivity contribution is 8.00. The number of carbonyl (C=O) groups excluding carboxylic acids is 1. The Morgan fingerprint density at radius 2 is 1.86 bits per heavy atom. The van der Waals surface area contributed by atoms with Gasteiger partial charge in [-0.1, -0.05) is 11.8 Å². The van der Waals surface area contributed by atoms with E-state index in [9.17, 15) is 4.79 Å². The van der Waals surface area contributed by atoms with Crippen molar-refractivity contribution in [2.75, 3.05) is 12.4 Å². The van der Waals surface area contributed by atoms with E-state index in [1.807, 2.05) is 6.07 Å². The van der Waals surface area contributed by atoms with Crippen LogP contribution in [0.3, 0.4) is 0 Å². The molecule has 0 fully saturated rings. The first-order valence-electron chi connectivity index (χ1n) is 7.55. The van der Waals surface area contributed by atoms with Gasteiger partial charge in [0, 0.05) is 31.2 Å². The molecule has 0 aliphatic heterocycles. The van der Waals surface area contributed by atoms with Gasteiger partial charge in [0.25, 0.3) is 0 Å². The molecule has 0 saturated heterocycles. The second-order valence-electron chi connectivity index (χ2n) is 6.47. The molecule has 0 spiro atoms. The maximum Gasteiger partial charge on any atom is 0.219 e. The number of thioether (sulfide) groups is 1. The van der Waals surface area contributed by atoms with E-state index in [0.717, 1.165) is 23.0 Å². The average molecular weight is 358 g/mol. The van der Waals surface area contributed by atoms with Crippen molar-refractivity contribution in [3.63, 3.8) is 0 Å². The van der Waals surface area contributed by atoms with Crippen LogP contribution in [0, 0.1) is 0 Å². The summed E-state index contributed by atoms with van der Waals surface area (Å²) < 4.78 is 6.53. The summed E-state index contributed by atoms with van der Waals surface area (Å²) in [4.78, 5) is 19.8. The quantitative estimate of drug-likeness (QED) is 0.418. The van der Waals surface area contributed by atoms with E-state index in [0.29, 0.717) is 6.42 Å². The van der Waals surface area contributed by atoms with E-state index in [-0.39, 0.29) is 5.91 Å². The number of nitrogens with one attached hydrogen (secondary N) is 1. The number of hydrogen-bond donors (Lipinski definition) is 1. The molecule has 0 saturated carbocycles. The zero-order valence-corrected chi connectivity index (χ0v) is 17.0. The van der Waals surface area contributed by atoms with E-state index >= 15 is 0 Å². The molecule has 0 aliphatic carbocycles. The predicted molar refractivity (Wildman–Crippen MR) is 96.9 cm³/mol. The summed E-state index contributed by atoms with van der Waals surface area (Å²) in [5, 5.41) is 4.42. The van der Waals surface area contributed by atoms with Gasteiger partial charge in [-0.15, -0.1) is 0 Å². The van der Waals surface area contributed by atoms with Crippen molar-refractivity contribution < 1.29 is 8.91 Å². The first-order valence-corrected chi connectivity index (χ1v) is 14.8. The number of amides is 1. The molecule has 1 aromatic heterocycles. The standard InChI is InChI=1S/C14H27N3O2SSi2/c1-15-13(18)8-6-11-21(2,3)19-22(4,5)12-20-14-16-9-7-10-17-14/h7,9-10H,6,8,11-12H2,1-5H3,(H,15,18). The smallest absolute Gasteiger partial charge is 0.219 e. The van der Waals surface area contributed by atoms with Crippen LogP contribution in [0.2, 0.25) is 32.2 Å². The van der Waals surface area contributed by atoms with Crippen LogP contribution in [-0.2, 0) is 8.91 Å². The number of rotatable bonds is 9. The molecule has 0 radical (unpaired) electrons. The van der Waals surface area contributed by atoms with E-state index in [4.69, 9.17) is 4.12 Å². The molecule has 124 valence electrons. The highest BCUT2D eigenvalue weighted by Crippen LogP contribution is 2.25. The molecule has 1 aromatic rings. The maximum absolute atomic E-state index is 11.3. The summed E-state index contributed by atoms with van der Waals surface area (Å²) in [6.45, 7) is 8.98. The lowest BCUT2D eigenvalue weighted by atomic mass is 10.3. The Morgan fingerprint density at radius 3 is 2.45 bits per heavy atom. The second kappa shape index (κ2) is 8.80. The average Bonchev–Trinajstić information content (AvgIpc) is 2.45. The minimum Gasteiger partial charge on any atom is -0.455 e. The molecule has 1 heterocycles. The number of nitrogens with zero attached hydrogens (tertiary/aromatic N) is 2. The lowest BCUT2D eigenvalue weighted by Crippen LogP contribution is -2.46. The highest BCUT2D eigenvalue weighted by atomic mass is 32.2. The molecule has 0 atom stereocenters. The van der Waals surface area contributed by atoms with Gasteiger partial charge in [-0.3, -0.25) is 4.79 Å². The summed E-state index contributed by atoms with van der Waals surface area (Å²) in [7, 11) is -1.81. The lowest BCUT2D eigenvalue weighted by molar-refractivity contribution is -0.120. The van der Waals surface area contributed by atoms with Gasteiger partial charge in [0.15, 0.2) is 21.8 Å². The van der Waals surface area contributed by atoms with Crippen molar-refractivity contribution in [2.45, 2.75) is 50.2 Å². The van der Waals surface area contributed by atoms with Crippen LogP contribution in [0.4, 0.5) is 0 Å². The number of hydrogen-bond acceptors (Lipinski definition) is 5. The summed E-state index contributed by atoms with van der Waals surface area (Å²) >= 11 is 1.67. The normalized spacial score (nSPS) is 12.2. The zero-order valence-electron chi connectivity index (χ0n) is 14.2. The van der Waals surface area contributed by atoms with Crippen LogP contribution in [0.1, 0.15) is 12.8 Å². The fourth-order valence-corrected chi connectivity index (χ4v) is 12.6. The van der Waals surface area contributed by atoms with Crippen LogP contribution < -0.4 is 5.32 Å². The van der Waals surface area contributed by atoms with Crippen molar-refractivity contribution in [3.05, 3.63) is 18.5 Å². The molecule has 1 amide bonds. The molecule has 1 N–H and O–H groups in total. The van der Waals surface area contributed by atoms with Crippen molar-refractivity contribution in [1.29, 1.82) is 0 Å². The molecule has 0 unspecified atom stereocenters. The fraction of sp³-hybridized carbons (Fsp3) is 0.643. The first kappa shape index (κ1) is 19.3. The summed E-state index contributed by atoms with van der Waals surface area (Å²) in [6.07, 6.45) is 5.02. The van der Waals surface area contributed by atoms with E-state index < -0.39 is 16.6 Å². The van der Waals surface area contributed by atoms with Crippen molar-refractivity contribution in [1.82, 2.24) is 15.3 Å². The Balaban J connectivity index is 2.42. The van der Waals surface area contributed by atoms with Gasteiger partial charge >= 0.3 is 0 Å². The van der Waals surface area contributed by atoms with Gasteiger partial charge in [0.1, 0.15) is 0 Å². The van der Waals surface area contributed by atoms with Crippen LogP contribution in [-0.4, -0.2) is 44.9 Å². The third-order valence-electron chi connectivity index (χ3n) is 3.11. The Morgan fingerprint density at radius 1 is 1.23 bits per heavy atom. The minimum absolute atomic E-state index is 0.109. The fourth-order valence-electron chi connectivity index (χ4n) is 2.23. The Kier molecular flexibility index (Phi) is 7.74. The summed E-state index contributed by atoms with van der Waals surface area (Å²) in [5.74, 6) is 0.109. The monoisotopic (exact) mass is 357 g/mol. The molecule has 1 rings (SSSR count). The number of aromatic nitrogens is 2. The lowest BCUT2D eigenvalue weighted by Gasteiger charge is -2.33. The second-order valence-corrected chi connectivity index (χ2v) is 16.6. The molecular weight excluding hydrogens is 330 g/mol. The molecular formula is C14H27N3O2SSi2. The van der Waals surface area contributed by atoms with E-state index in [1.54, 1.807) is 31.2 Å². The molecule has 0 bridgehead atoms. The first-order chi connectivity index (χ1) is 10.2. The van der Waals surface area contributed by atoms with Crippen LogP contribution in [0.25, 0.3) is 0 Å². The number of carbonyl (C=O) groups is 1. The highest BCUT2D eigenvalue weighted by Gasteiger charge is 2.33. The van der Waals surface area contributed by atoms with Crippen molar-refractivity contribution in [3.8, 4) is 0 Å². The third-order valence-corrected chi connectivity index (χ3v) is 12.9. The molecule has 0 aliphatic rings. The molecule has 8 heteroatoms. The topological polar surface area (TPSA) is 64.1 Å². The molecule has 5 nitrogen and oxygen atoms in total. The Labute approximate surface area is 139 Å². The maximum atomic E-state index is 11.3. The van der Waals surface area contributed by atoms with Gasteiger partial charge < -0.3 is 9.43 Å². The predicted octanol–water partition coefficient (Wildman–Crippen LogP) is 3.06. The molecule has 0 aromatic carbocycles. The Bertz CT molecular complexity index is 472. The van der Waals surface area contributed by atoms with E-state index in [2.05, 4.69) is 41.5 Å². The van der Waals surface area contributed by atoms with Gasteiger partial charge in [0.2, 0.25) is 5.91 Å². The van der Waals surface area contributed by atoms with Gasteiger partial charge in [-0.05, 0) is 44.7 Å². The summed E-state index contributed by atoms with van der Waals surface area (Å²) in [5.41, 5.74) is 0. The van der Waals surface area contributed by atoms with E-state index in [1.165, 1.54) is 0 Å². The SMILES string of the molecule is CNC(=O)CCC[Si](C)(C)O[Si](C)(C)CSc1ncccn1. The summed E-state index contributed by atoms with van der Waals surface area (Å²) in [6, 6.07) is 2.84. The van der Waals surface area contributed by atoms with Crippen molar-refractivity contribution in [2.24, 2.45) is 0 Å². The largest absolute Gasteiger partial charge is 0.455 e. The van der Waals surface area contributed by atoms with Crippen LogP contribution >= 0.6 is 11.8 Å². The van der Waals surface area contributed by atoms with Crippen molar-refractivity contribution >= 4 is 34.3 Å². The van der Waals surface area contributed by atoms with Gasteiger partial charge in [-0.2, -0.15) is 0 Å². The third kappa shape index (κ3) is 8.07. The minimum atomic E-state index is -1.76. The molecule has 22 heavy (non-hydrogen) atoms. The Hall–Kier alpha value is -0.706.